The topological polar surface area (TPSA) is 76.2 Å². The fourth-order valence-electron chi connectivity index (χ4n) is 4.28. The fraction of sp³-hybridized carbons (Fsp3) is 0.381. The van der Waals surface area contributed by atoms with Crippen molar-refractivity contribution in [2.45, 2.75) is 18.6 Å². The van der Waals surface area contributed by atoms with Gasteiger partial charge in [-0.3, -0.25) is 9.69 Å². The number of fused-ring (bicyclic) bond motifs is 1. The van der Waals surface area contributed by atoms with Crippen LogP contribution in [0.2, 0.25) is 0 Å². The largest absolute Gasteiger partial charge is 0.497 e. The lowest BCUT2D eigenvalue weighted by Crippen LogP contribution is -2.61. The highest BCUT2D eigenvalue weighted by Gasteiger charge is 2.49. The number of ether oxygens (including phenoxy) is 2. The van der Waals surface area contributed by atoms with E-state index in [1.54, 1.807) is 37.3 Å². The quantitative estimate of drug-likeness (QED) is 0.739. The maximum absolute atomic E-state index is 13.1. The molecule has 2 fully saturated rings. The van der Waals surface area contributed by atoms with Crippen LogP contribution in [0.3, 0.4) is 0 Å². The summed E-state index contributed by atoms with van der Waals surface area (Å²) in [6.45, 7) is 0.602. The molecule has 0 bridgehead atoms. The second kappa shape index (κ2) is 7.68. The normalized spacial score (nSPS) is 23.7. The van der Waals surface area contributed by atoms with Gasteiger partial charge in [0, 0.05) is 29.9 Å². The summed E-state index contributed by atoms with van der Waals surface area (Å²) in [7, 11) is -0.0787. The molecule has 2 atom stereocenters. The molecule has 7 nitrogen and oxygen atoms in total. The Bertz CT molecular complexity index is 1020. The van der Waals surface area contributed by atoms with Crippen molar-refractivity contribution >= 4 is 21.4 Å². The molecule has 0 saturated carbocycles. The van der Waals surface area contributed by atoms with Gasteiger partial charge in [-0.1, -0.05) is 24.3 Å². The molecule has 0 aromatic heterocycles. The molecule has 0 N–H and O–H groups in total. The molecule has 2 unspecified atom stereocenters. The third-order valence-electron chi connectivity index (χ3n) is 5.60. The van der Waals surface area contributed by atoms with E-state index in [0.717, 1.165) is 11.3 Å². The van der Waals surface area contributed by atoms with Crippen LogP contribution in [0.15, 0.2) is 48.5 Å². The van der Waals surface area contributed by atoms with Crippen molar-refractivity contribution < 1.29 is 22.7 Å². The van der Waals surface area contributed by atoms with E-state index in [1.165, 1.54) is 0 Å². The highest BCUT2D eigenvalue weighted by Crippen LogP contribution is 2.34. The molecule has 2 aliphatic heterocycles. The lowest BCUT2D eigenvalue weighted by Gasteiger charge is -2.43. The van der Waals surface area contributed by atoms with Crippen LogP contribution >= 0.6 is 0 Å². The Morgan fingerprint density at radius 1 is 1.00 bits per heavy atom. The molecule has 2 saturated heterocycles. The van der Waals surface area contributed by atoms with Crippen LogP contribution in [0.4, 0.5) is 5.69 Å². The summed E-state index contributed by atoms with van der Waals surface area (Å²) in [6.07, 6.45) is 0. The van der Waals surface area contributed by atoms with Crippen molar-refractivity contribution in [1.82, 2.24) is 4.90 Å². The number of carbonyl (C=O) groups is 1. The SMILES string of the molecule is COc1cccc(N2C(=O)CN(Cc3ccccc3OC)C3CS(=O)(=O)CC32)c1. The highest BCUT2D eigenvalue weighted by atomic mass is 32.2. The molecule has 2 aliphatic rings. The summed E-state index contributed by atoms with van der Waals surface area (Å²) in [5, 5.41) is 0. The first-order valence-corrected chi connectivity index (χ1v) is 11.3. The van der Waals surface area contributed by atoms with Gasteiger partial charge >= 0.3 is 0 Å². The minimum Gasteiger partial charge on any atom is -0.497 e. The van der Waals surface area contributed by atoms with Gasteiger partial charge in [-0.25, -0.2) is 8.42 Å². The molecule has 154 valence electrons. The molecule has 29 heavy (non-hydrogen) atoms. The van der Waals surface area contributed by atoms with Gasteiger partial charge in [-0.05, 0) is 18.2 Å². The molecule has 8 heteroatoms. The Morgan fingerprint density at radius 3 is 2.52 bits per heavy atom. The maximum atomic E-state index is 13.1. The van der Waals surface area contributed by atoms with E-state index in [0.29, 0.717) is 18.0 Å². The number of anilines is 1. The zero-order chi connectivity index (χ0) is 20.6. The van der Waals surface area contributed by atoms with Crippen LogP contribution in [-0.2, 0) is 21.2 Å². The van der Waals surface area contributed by atoms with E-state index in [2.05, 4.69) is 0 Å². The number of rotatable bonds is 5. The third kappa shape index (κ3) is 3.82. The van der Waals surface area contributed by atoms with Crippen LogP contribution in [0.5, 0.6) is 11.5 Å². The van der Waals surface area contributed by atoms with Gasteiger partial charge in [0.15, 0.2) is 9.84 Å². The lowest BCUT2D eigenvalue weighted by molar-refractivity contribution is -0.123. The van der Waals surface area contributed by atoms with Crippen molar-refractivity contribution in [1.29, 1.82) is 0 Å². The molecular weight excluding hydrogens is 392 g/mol. The van der Waals surface area contributed by atoms with Gasteiger partial charge in [0.1, 0.15) is 11.5 Å². The monoisotopic (exact) mass is 416 g/mol. The van der Waals surface area contributed by atoms with Gasteiger partial charge in [0.05, 0.1) is 38.3 Å². The number of methoxy groups -OCH3 is 2. The summed E-state index contributed by atoms with van der Waals surface area (Å²) in [5.41, 5.74) is 1.60. The van der Waals surface area contributed by atoms with Crippen molar-refractivity contribution in [3.05, 3.63) is 54.1 Å². The van der Waals surface area contributed by atoms with Crippen LogP contribution in [0.25, 0.3) is 0 Å². The van der Waals surface area contributed by atoms with Crippen molar-refractivity contribution in [3.63, 3.8) is 0 Å². The first-order chi connectivity index (χ1) is 13.9. The number of hydrogen-bond donors (Lipinski definition) is 0. The smallest absolute Gasteiger partial charge is 0.241 e. The van der Waals surface area contributed by atoms with Gasteiger partial charge in [0.2, 0.25) is 5.91 Å². The van der Waals surface area contributed by atoms with E-state index >= 15 is 0 Å². The fourth-order valence-corrected chi connectivity index (χ4v) is 6.26. The number of nitrogens with zero attached hydrogens (tertiary/aromatic N) is 2. The molecule has 0 aliphatic carbocycles. The standard InChI is InChI=1S/C21H24N2O5S/c1-27-17-8-5-7-16(10-17)23-19-14-29(25,26)13-18(19)22(12-21(23)24)11-15-6-3-4-9-20(15)28-2/h3-10,18-19H,11-14H2,1-2H3. The number of piperazine rings is 1. The van der Waals surface area contributed by atoms with Crippen molar-refractivity contribution in [3.8, 4) is 11.5 Å². The number of amides is 1. The Balaban J connectivity index is 1.68. The first kappa shape index (κ1) is 19.7. The minimum atomic E-state index is -3.25. The predicted octanol–water partition coefficient (Wildman–Crippen LogP) is 1.72. The van der Waals surface area contributed by atoms with E-state index in [4.69, 9.17) is 9.47 Å². The molecule has 2 aromatic carbocycles. The van der Waals surface area contributed by atoms with E-state index < -0.39 is 15.9 Å². The van der Waals surface area contributed by atoms with Gasteiger partial charge in [-0.2, -0.15) is 0 Å². The first-order valence-electron chi connectivity index (χ1n) is 9.44. The number of benzene rings is 2. The zero-order valence-electron chi connectivity index (χ0n) is 16.4. The van der Waals surface area contributed by atoms with Crippen molar-refractivity contribution in [2.75, 3.05) is 37.2 Å². The molecule has 1 amide bonds. The summed E-state index contributed by atoms with van der Waals surface area (Å²) >= 11 is 0. The third-order valence-corrected chi connectivity index (χ3v) is 7.30. The zero-order valence-corrected chi connectivity index (χ0v) is 17.3. The van der Waals surface area contributed by atoms with Crippen LogP contribution in [-0.4, -0.2) is 63.6 Å². The second-order valence-corrected chi connectivity index (χ2v) is 9.55. The van der Waals surface area contributed by atoms with Gasteiger partial charge < -0.3 is 14.4 Å². The second-order valence-electron chi connectivity index (χ2n) is 7.39. The van der Waals surface area contributed by atoms with Gasteiger partial charge in [0.25, 0.3) is 0 Å². The lowest BCUT2D eigenvalue weighted by atomic mass is 10.0. The Hall–Kier alpha value is -2.58. The maximum Gasteiger partial charge on any atom is 0.241 e. The van der Waals surface area contributed by atoms with Gasteiger partial charge in [-0.15, -0.1) is 0 Å². The van der Waals surface area contributed by atoms with Crippen LogP contribution < -0.4 is 14.4 Å². The Morgan fingerprint density at radius 2 is 1.76 bits per heavy atom. The Labute approximate surface area is 170 Å². The minimum absolute atomic E-state index is 0.0386. The number of sulfone groups is 1. The van der Waals surface area contributed by atoms with E-state index in [1.807, 2.05) is 35.2 Å². The summed E-state index contributed by atoms with van der Waals surface area (Å²) < 4.78 is 35.7. The van der Waals surface area contributed by atoms with Crippen LogP contribution in [0.1, 0.15) is 5.56 Å². The summed E-state index contributed by atoms with van der Waals surface area (Å²) in [4.78, 5) is 16.7. The molecular formula is C21H24N2O5S. The molecule has 2 heterocycles. The summed E-state index contributed by atoms with van der Waals surface area (Å²) in [6, 6.07) is 14.1. The molecule has 4 rings (SSSR count). The predicted molar refractivity (Wildman–Crippen MR) is 110 cm³/mol. The van der Waals surface area contributed by atoms with E-state index in [-0.39, 0.29) is 30.0 Å². The number of para-hydroxylation sites is 1. The average molecular weight is 416 g/mol. The Kier molecular flexibility index (Phi) is 5.23. The van der Waals surface area contributed by atoms with Crippen LogP contribution in [0, 0.1) is 0 Å². The average Bonchev–Trinajstić information content (AvgIpc) is 3.03. The highest BCUT2D eigenvalue weighted by molar-refractivity contribution is 7.91. The molecule has 0 spiro atoms. The van der Waals surface area contributed by atoms with Crippen molar-refractivity contribution in [2.24, 2.45) is 0 Å². The molecule has 0 radical (unpaired) electrons. The number of carbonyl (C=O) groups excluding carboxylic acids is 1. The number of hydrogen-bond acceptors (Lipinski definition) is 6. The van der Waals surface area contributed by atoms with E-state index in [9.17, 15) is 13.2 Å². The molecule has 2 aromatic rings. The summed E-state index contributed by atoms with van der Waals surface area (Å²) in [5.74, 6) is 1.24.